The van der Waals surface area contributed by atoms with E-state index in [1.807, 2.05) is 30.3 Å². The van der Waals surface area contributed by atoms with Crippen LogP contribution in [0, 0.1) is 15.5 Å². The van der Waals surface area contributed by atoms with Gasteiger partial charge in [0, 0.05) is 29.8 Å². The number of carbonyl (C=O) groups excluding carboxylic acids is 2. The molecular formula is C28H25N3O5. The van der Waals surface area contributed by atoms with Crippen molar-refractivity contribution in [2.45, 2.75) is 32.7 Å². The molecule has 1 aliphatic heterocycles. The minimum absolute atomic E-state index is 0.0762. The molecule has 1 heterocycles. The second-order valence-electron chi connectivity index (χ2n) is 9.85. The number of allylic oxidation sites excluding steroid dienone is 1. The summed E-state index contributed by atoms with van der Waals surface area (Å²) in [6.07, 6.45) is 1.17. The van der Waals surface area contributed by atoms with Gasteiger partial charge in [0.2, 0.25) is 0 Å². The summed E-state index contributed by atoms with van der Waals surface area (Å²) in [5, 5.41) is 17.9. The van der Waals surface area contributed by atoms with Gasteiger partial charge in [-0.05, 0) is 53.8 Å². The van der Waals surface area contributed by atoms with Crippen LogP contribution in [0.4, 0.5) is 17.1 Å². The number of fused-ring (bicyclic) bond motifs is 1. The van der Waals surface area contributed by atoms with E-state index < -0.39 is 16.9 Å². The number of nitrogens with one attached hydrogen (secondary N) is 2. The molecule has 2 N–H and O–H groups in total. The Morgan fingerprint density at radius 3 is 2.44 bits per heavy atom. The van der Waals surface area contributed by atoms with Gasteiger partial charge in [-0.25, -0.2) is 4.79 Å². The third kappa shape index (κ3) is 4.57. The summed E-state index contributed by atoms with van der Waals surface area (Å²) < 4.78 is 5.58. The van der Waals surface area contributed by atoms with Crippen LogP contribution in [0.3, 0.4) is 0 Å². The molecule has 1 aliphatic carbocycles. The Kier molecular flexibility index (Phi) is 5.80. The number of anilines is 2. The van der Waals surface area contributed by atoms with Gasteiger partial charge in [-0.15, -0.1) is 0 Å². The molecular weight excluding hydrogens is 458 g/mol. The summed E-state index contributed by atoms with van der Waals surface area (Å²) in [4.78, 5) is 36.4. The van der Waals surface area contributed by atoms with Crippen molar-refractivity contribution in [2.24, 2.45) is 5.41 Å². The summed E-state index contributed by atoms with van der Waals surface area (Å²) in [5.74, 6) is -0.237. The Morgan fingerprint density at radius 2 is 1.72 bits per heavy atom. The first-order valence-corrected chi connectivity index (χ1v) is 11.7. The maximum atomic E-state index is 13.4. The highest BCUT2D eigenvalue weighted by Gasteiger charge is 2.38. The van der Waals surface area contributed by atoms with Crippen LogP contribution in [0.2, 0.25) is 0 Å². The molecule has 0 saturated heterocycles. The van der Waals surface area contributed by atoms with Gasteiger partial charge in [0.25, 0.3) is 5.69 Å². The van der Waals surface area contributed by atoms with E-state index in [-0.39, 0.29) is 22.4 Å². The Balaban J connectivity index is 1.48. The standard InChI is InChI=1S/C28H25N3O5/c1-28(2)15-23-25(24(32)16-28)26(30-22-9-4-3-8-21(22)29-23)18-6-5-7-20(14-18)36-27(33)17-10-12-19(13-11-17)31(34)35/h3-14,26,29-30H,15-16H2,1-2H3. The highest BCUT2D eigenvalue weighted by molar-refractivity contribution is 6.01. The number of para-hydroxylation sites is 2. The van der Waals surface area contributed by atoms with Crippen molar-refractivity contribution in [3.05, 3.63) is 105 Å². The van der Waals surface area contributed by atoms with Crippen LogP contribution in [0.15, 0.2) is 84.1 Å². The molecule has 0 amide bonds. The number of carbonyl (C=O) groups is 2. The predicted octanol–water partition coefficient (Wildman–Crippen LogP) is 6.04. The monoisotopic (exact) mass is 483 g/mol. The van der Waals surface area contributed by atoms with Gasteiger partial charge in [-0.2, -0.15) is 0 Å². The van der Waals surface area contributed by atoms with Crippen molar-refractivity contribution in [1.29, 1.82) is 0 Å². The molecule has 1 atom stereocenters. The molecule has 5 rings (SSSR count). The lowest BCUT2D eigenvalue weighted by Crippen LogP contribution is -2.31. The van der Waals surface area contributed by atoms with E-state index in [1.54, 1.807) is 18.2 Å². The number of hydrogen-bond donors (Lipinski definition) is 2. The first-order valence-electron chi connectivity index (χ1n) is 11.7. The number of non-ortho nitro benzene ring substituents is 1. The Hall–Kier alpha value is -4.46. The lowest BCUT2D eigenvalue weighted by atomic mass is 9.73. The average molecular weight is 484 g/mol. The first kappa shape index (κ1) is 23.3. The topological polar surface area (TPSA) is 111 Å². The Labute approximate surface area is 208 Å². The number of nitrogens with zero attached hydrogens (tertiary/aromatic N) is 1. The number of nitro groups is 1. The fourth-order valence-corrected chi connectivity index (χ4v) is 4.78. The number of rotatable bonds is 4. The normalized spacial score (nSPS) is 18.2. The van der Waals surface area contributed by atoms with Crippen molar-refractivity contribution >= 4 is 28.8 Å². The molecule has 0 fully saturated rings. The summed E-state index contributed by atoms with van der Waals surface area (Å²) in [6, 6.07) is 19.7. The van der Waals surface area contributed by atoms with Crippen molar-refractivity contribution in [3.63, 3.8) is 0 Å². The van der Waals surface area contributed by atoms with Gasteiger partial charge in [-0.1, -0.05) is 38.1 Å². The second kappa shape index (κ2) is 8.96. The summed E-state index contributed by atoms with van der Waals surface area (Å²) in [6.45, 7) is 4.18. The third-order valence-corrected chi connectivity index (χ3v) is 6.44. The number of ketones is 1. The second-order valence-corrected chi connectivity index (χ2v) is 9.85. The van der Waals surface area contributed by atoms with E-state index in [1.165, 1.54) is 24.3 Å². The molecule has 0 saturated carbocycles. The highest BCUT2D eigenvalue weighted by Crippen LogP contribution is 2.45. The van der Waals surface area contributed by atoms with Crippen LogP contribution in [0.1, 0.15) is 48.7 Å². The molecule has 1 unspecified atom stereocenters. The van der Waals surface area contributed by atoms with Gasteiger partial charge in [-0.3, -0.25) is 14.9 Å². The number of Topliss-reactive ketones (excluding diaryl/α,β-unsaturated/α-hetero) is 1. The zero-order valence-corrected chi connectivity index (χ0v) is 19.9. The van der Waals surface area contributed by atoms with Gasteiger partial charge in [0.05, 0.1) is 27.9 Å². The van der Waals surface area contributed by atoms with Gasteiger partial charge in [0.15, 0.2) is 5.78 Å². The third-order valence-electron chi connectivity index (χ3n) is 6.44. The maximum absolute atomic E-state index is 13.4. The molecule has 3 aromatic rings. The molecule has 0 radical (unpaired) electrons. The minimum Gasteiger partial charge on any atom is -0.423 e. The van der Waals surface area contributed by atoms with E-state index in [0.717, 1.165) is 29.1 Å². The zero-order chi connectivity index (χ0) is 25.4. The van der Waals surface area contributed by atoms with E-state index >= 15 is 0 Å². The van der Waals surface area contributed by atoms with Crippen LogP contribution in [0.5, 0.6) is 5.75 Å². The minimum atomic E-state index is -0.627. The van der Waals surface area contributed by atoms with E-state index in [2.05, 4.69) is 24.5 Å². The molecule has 8 nitrogen and oxygen atoms in total. The predicted molar refractivity (Wildman–Crippen MR) is 136 cm³/mol. The summed E-state index contributed by atoms with van der Waals surface area (Å²) >= 11 is 0. The van der Waals surface area contributed by atoms with Crippen LogP contribution < -0.4 is 15.4 Å². The van der Waals surface area contributed by atoms with Crippen LogP contribution in [-0.4, -0.2) is 16.7 Å². The Bertz CT molecular complexity index is 1410. The van der Waals surface area contributed by atoms with Gasteiger partial charge in [0.1, 0.15) is 5.75 Å². The first-order chi connectivity index (χ1) is 17.2. The van der Waals surface area contributed by atoms with E-state index in [9.17, 15) is 19.7 Å². The number of esters is 1. The fraction of sp³-hybridized carbons (Fsp3) is 0.214. The molecule has 0 bridgehead atoms. The molecule has 0 aromatic heterocycles. The molecule has 0 spiro atoms. The number of nitro benzene ring substituents is 1. The lowest BCUT2D eigenvalue weighted by Gasteiger charge is -2.34. The maximum Gasteiger partial charge on any atom is 0.343 e. The van der Waals surface area contributed by atoms with Gasteiger partial charge >= 0.3 is 5.97 Å². The Morgan fingerprint density at radius 1 is 1.00 bits per heavy atom. The van der Waals surface area contributed by atoms with E-state index in [4.69, 9.17) is 4.74 Å². The number of benzene rings is 3. The fourth-order valence-electron chi connectivity index (χ4n) is 4.78. The molecule has 2 aliphatic rings. The largest absolute Gasteiger partial charge is 0.423 e. The summed E-state index contributed by atoms with van der Waals surface area (Å²) in [5.41, 5.74) is 4.07. The van der Waals surface area contributed by atoms with Crippen LogP contribution in [0.25, 0.3) is 0 Å². The average Bonchev–Trinajstić information content (AvgIpc) is 3.00. The molecule has 182 valence electrons. The van der Waals surface area contributed by atoms with Crippen molar-refractivity contribution in [3.8, 4) is 5.75 Å². The lowest BCUT2D eigenvalue weighted by molar-refractivity contribution is -0.384. The van der Waals surface area contributed by atoms with Crippen LogP contribution in [-0.2, 0) is 4.79 Å². The van der Waals surface area contributed by atoms with Crippen molar-refractivity contribution < 1.29 is 19.2 Å². The SMILES string of the molecule is CC1(C)CC(=O)C2=C(C1)Nc1ccccc1NC2c1cccc(OC(=O)c2ccc([N+](=O)[O-])cc2)c1. The molecule has 3 aromatic carbocycles. The number of hydrogen-bond acceptors (Lipinski definition) is 7. The van der Waals surface area contributed by atoms with Crippen molar-refractivity contribution in [1.82, 2.24) is 0 Å². The molecule has 8 heteroatoms. The number of ether oxygens (including phenoxy) is 1. The quantitative estimate of drug-likeness (QED) is 0.202. The zero-order valence-electron chi connectivity index (χ0n) is 19.9. The van der Waals surface area contributed by atoms with Crippen LogP contribution >= 0.6 is 0 Å². The smallest absolute Gasteiger partial charge is 0.343 e. The van der Waals surface area contributed by atoms with Gasteiger partial charge < -0.3 is 15.4 Å². The highest BCUT2D eigenvalue weighted by atomic mass is 16.6. The van der Waals surface area contributed by atoms with E-state index in [0.29, 0.717) is 17.7 Å². The molecule has 36 heavy (non-hydrogen) atoms. The van der Waals surface area contributed by atoms with Crippen molar-refractivity contribution in [2.75, 3.05) is 10.6 Å². The summed E-state index contributed by atoms with van der Waals surface area (Å²) in [7, 11) is 0.